The van der Waals surface area contributed by atoms with Crippen LogP contribution in [0.3, 0.4) is 0 Å². The summed E-state index contributed by atoms with van der Waals surface area (Å²) in [5.74, 6) is -0.412. The quantitative estimate of drug-likeness (QED) is 0.458. The second-order valence-electron chi connectivity index (χ2n) is 8.75. The molecule has 1 aliphatic rings. The third-order valence-electron chi connectivity index (χ3n) is 6.62. The maximum atomic E-state index is 13.3. The number of aryl methyl sites for hydroxylation is 1. The number of aromatic amines is 1. The monoisotopic (exact) mass is 464 g/mol. The van der Waals surface area contributed by atoms with Gasteiger partial charge in [-0.2, -0.15) is 4.31 Å². The van der Waals surface area contributed by atoms with E-state index in [0.717, 1.165) is 33.8 Å². The Kier molecular flexibility index (Phi) is 5.72. The Morgan fingerprint density at radius 3 is 2.91 bits per heavy atom. The molecule has 0 radical (unpaired) electrons. The van der Waals surface area contributed by atoms with Crippen LogP contribution in [-0.4, -0.2) is 47.8 Å². The highest BCUT2D eigenvalue weighted by Gasteiger charge is 2.33. The van der Waals surface area contributed by atoms with Crippen molar-refractivity contribution in [3.8, 4) is 0 Å². The van der Waals surface area contributed by atoms with Crippen molar-refractivity contribution in [1.29, 1.82) is 0 Å². The number of hydrogen-bond donors (Lipinski definition) is 2. The van der Waals surface area contributed by atoms with Gasteiger partial charge < -0.3 is 14.9 Å². The molecular weight excluding hydrogens is 436 g/mol. The molecule has 2 aromatic heterocycles. The Morgan fingerprint density at radius 1 is 1.18 bits per heavy atom. The number of piperidine rings is 1. The maximum absolute atomic E-state index is 13.3. The fraction of sp³-hybridized carbons (Fsp3) is 0.320. The minimum absolute atomic E-state index is 0.0757. The molecule has 8 heteroatoms. The number of aromatic nitrogens is 2. The summed E-state index contributed by atoms with van der Waals surface area (Å²) in [5, 5.41) is 5.07. The number of nitrogens with one attached hydrogen (secondary N) is 2. The van der Waals surface area contributed by atoms with Crippen LogP contribution < -0.4 is 5.32 Å². The highest BCUT2D eigenvalue weighted by atomic mass is 32.2. The second kappa shape index (κ2) is 8.68. The first-order valence-corrected chi connectivity index (χ1v) is 12.8. The molecule has 0 unspecified atom stereocenters. The van der Waals surface area contributed by atoms with Crippen molar-refractivity contribution in [1.82, 2.24) is 19.2 Å². The molecule has 0 bridgehead atoms. The number of nitrogens with zero attached hydrogens (tertiary/aromatic N) is 2. The molecule has 3 heterocycles. The third-order valence-corrected chi connectivity index (χ3v) is 8.48. The maximum Gasteiger partial charge on any atom is 0.243 e. The Bertz CT molecular complexity index is 1420. The average Bonchev–Trinajstić information content (AvgIpc) is 3.42. The van der Waals surface area contributed by atoms with Crippen LogP contribution in [0.1, 0.15) is 18.4 Å². The van der Waals surface area contributed by atoms with Gasteiger partial charge in [0.2, 0.25) is 15.9 Å². The molecule has 33 heavy (non-hydrogen) atoms. The van der Waals surface area contributed by atoms with Gasteiger partial charge >= 0.3 is 0 Å². The minimum Gasteiger partial charge on any atom is -0.361 e. The van der Waals surface area contributed by atoms with Crippen LogP contribution in [0.4, 0.5) is 0 Å². The van der Waals surface area contributed by atoms with Gasteiger partial charge in [0.15, 0.2) is 0 Å². The Morgan fingerprint density at radius 2 is 2.03 bits per heavy atom. The molecule has 1 aliphatic heterocycles. The molecule has 5 rings (SSSR count). The lowest BCUT2D eigenvalue weighted by molar-refractivity contribution is -0.126. The van der Waals surface area contributed by atoms with Crippen LogP contribution >= 0.6 is 0 Å². The lowest BCUT2D eigenvalue weighted by atomic mass is 9.99. The summed E-state index contributed by atoms with van der Waals surface area (Å²) in [4.78, 5) is 16.4. The summed E-state index contributed by atoms with van der Waals surface area (Å²) in [6.45, 7) is 1.18. The molecule has 4 aromatic rings. The zero-order valence-electron chi connectivity index (χ0n) is 18.6. The van der Waals surface area contributed by atoms with Gasteiger partial charge in [-0.1, -0.05) is 18.2 Å². The van der Waals surface area contributed by atoms with E-state index in [1.165, 1.54) is 4.31 Å². The molecule has 172 valence electrons. The van der Waals surface area contributed by atoms with Crippen molar-refractivity contribution in [3.05, 3.63) is 66.5 Å². The SMILES string of the molecule is Cn1ccc2cc(S(=O)(=O)N3CCC[C@@H](C(=O)NCCc4c[nH]c5ccccc45)C3)ccc21. The molecule has 1 fully saturated rings. The highest BCUT2D eigenvalue weighted by molar-refractivity contribution is 7.89. The van der Waals surface area contributed by atoms with Crippen molar-refractivity contribution in [2.45, 2.75) is 24.2 Å². The van der Waals surface area contributed by atoms with Crippen LogP contribution in [0.2, 0.25) is 0 Å². The number of carbonyl (C=O) groups excluding carboxylic acids is 1. The Balaban J connectivity index is 1.23. The van der Waals surface area contributed by atoms with Crippen molar-refractivity contribution < 1.29 is 13.2 Å². The lowest BCUT2D eigenvalue weighted by Crippen LogP contribution is -2.45. The summed E-state index contributed by atoms with van der Waals surface area (Å²) >= 11 is 0. The number of rotatable bonds is 6. The number of amides is 1. The summed E-state index contributed by atoms with van der Waals surface area (Å²) in [5.41, 5.74) is 3.23. The standard InChI is InChI=1S/C25H28N4O3S/c1-28-14-11-18-15-21(8-9-24(18)28)33(31,32)29-13-4-5-20(17-29)25(30)26-12-10-19-16-27-23-7-3-2-6-22(19)23/h2-3,6-9,11,14-16,20,27H,4-5,10,12-13,17H2,1H3,(H,26,30)/t20-/m1/s1. The molecule has 0 spiro atoms. The van der Waals surface area contributed by atoms with E-state index < -0.39 is 10.0 Å². The van der Waals surface area contributed by atoms with E-state index in [0.29, 0.717) is 25.9 Å². The van der Waals surface area contributed by atoms with Crippen molar-refractivity contribution in [3.63, 3.8) is 0 Å². The van der Waals surface area contributed by atoms with Gasteiger partial charge in [-0.25, -0.2) is 8.42 Å². The van der Waals surface area contributed by atoms with Gasteiger partial charge in [0.25, 0.3) is 0 Å². The summed E-state index contributed by atoms with van der Waals surface area (Å²) in [6, 6.07) is 15.2. The molecule has 1 saturated heterocycles. The first-order valence-electron chi connectivity index (χ1n) is 11.3. The number of fused-ring (bicyclic) bond motifs is 2. The third kappa shape index (κ3) is 4.16. The van der Waals surface area contributed by atoms with E-state index in [2.05, 4.69) is 16.4 Å². The van der Waals surface area contributed by atoms with Crippen LogP contribution in [0, 0.1) is 5.92 Å². The zero-order valence-corrected chi connectivity index (χ0v) is 19.4. The highest BCUT2D eigenvalue weighted by Crippen LogP contribution is 2.27. The molecule has 2 N–H and O–H groups in total. The van der Waals surface area contributed by atoms with Gasteiger partial charge in [0, 0.05) is 60.9 Å². The summed E-state index contributed by atoms with van der Waals surface area (Å²) < 4.78 is 30.0. The molecule has 1 atom stereocenters. The van der Waals surface area contributed by atoms with Crippen molar-refractivity contribution in [2.24, 2.45) is 13.0 Å². The van der Waals surface area contributed by atoms with Crippen molar-refractivity contribution >= 4 is 37.7 Å². The normalized spacial score (nSPS) is 17.5. The van der Waals surface area contributed by atoms with Gasteiger partial charge in [-0.15, -0.1) is 0 Å². The molecule has 1 amide bonds. The first-order chi connectivity index (χ1) is 15.9. The van der Waals surface area contributed by atoms with E-state index in [1.54, 1.807) is 12.1 Å². The number of para-hydroxylation sites is 1. The predicted octanol–water partition coefficient (Wildman–Crippen LogP) is 3.42. The molecular formula is C25H28N4O3S. The Labute approximate surface area is 193 Å². The number of H-pyrrole nitrogens is 1. The van der Waals surface area contributed by atoms with Gasteiger partial charge in [-0.05, 0) is 55.2 Å². The average molecular weight is 465 g/mol. The number of hydrogen-bond acceptors (Lipinski definition) is 3. The number of benzene rings is 2. The van der Waals surface area contributed by atoms with Crippen molar-refractivity contribution in [2.75, 3.05) is 19.6 Å². The number of sulfonamides is 1. The zero-order chi connectivity index (χ0) is 23.0. The number of carbonyl (C=O) groups is 1. The molecule has 7 nitrogen and oxygen atoms in total. The molecule has 0 aliphatic carbocycles. The van der Waals surface area contributed by atoms with E-state index in [4.69, 9.17) is 0 Å². The lowest BCUT2D eigenvalue weighted by Gasteiger charge is -2.31. The summed E-state index contributed by atoms with van der Waals surface area (Å²) in [6.07, 6.45) is 5.99. The minimum atomic E-state index is -3.65. The fourth-order valence-electron chi connectivity index (χ4n) is 4.75. The molecule has 0 saturated carbocycles. The van der Waals surface area contributed by atoms with Gasteiger partial charge in [0.05, 0.1) is 10.8 Å². The second-order valence-corrected chi connectivity index (χ2v) is 10.7. The van der Waals surface area contributed by atoms with E-state index in [9.17, 15) is 13.2 Å². The van der Waals surface area contributed by atoms with E-state index in [-0.39, 0.29) is 23.3 Å². The van der Waals surface area contributed by atoms with Gasteiger partial charge in [0.1, 0.15) is 0 Å². The smallest absolute Gasteiger partial charge is 0.243 e. The summed E-state index contributed by atoms with van der Waals surface area (Å²) in [7, 11) is -1.72. The molecule has 2 aromatic carbocycles. The topological polar surface area (TPSA) is 87.2 Å². The largest absolute Gasteiger partial charge is 0.361 e. The fourth-order valence-corrected chi connectivity index (χ4v) is 6.31. The van der Waals surface area contributed by atoms with Gasteiger partial charge in [-0.3, -0.25) is 4.79 Å². The van der Waals surface area contributed by atoms with Crippen LogP contribution in [0.15, 0.2) is 65.8 Å². The van der Waals surface area contributed by atoms with Crippen LogP contribution in [0.25, 0.3) is 21.8 Å². The van der Waals surface area contributed by atoms with Crippen LogP contribution in [-0.2, 0) is 28.3 Å². The van der Waals surface area contributed by atoms with E-state index in [1.807, 2.05) is 54.3 Å². The predicted molar refractivity (Wildman–Crippen MR) is 129 cm³/mol. The Hall–Kier alpha value is -3.10. The van der Waals surface area contributed by atoms with Crippen LogP contribution in [0.5, 0.6) is 0 Å². The first kappa shape index (κ1) is 21.7. The van der Waals surface area contributed by atoms with E-state index >= 15 is 0 Å².